The third-order valence-electron chi connectivity index (χ3n) is 3.87. The summed E-state index contributed by atoms with van der Waals surface area (Å²) in [5.41, 5.74) is 1.30. The molecule has 1 aromatic carbocycles. The molecule has 0 aromatic heterocycles. The standard InChI is InChI=1S/C16H17NO5/c1-9(15(20)17-22-4)12-13(18)10-7-5-6-8-11(10)14(19)16(12,2)21-3/h5-8H,1-4H3,(H,17,20)/b12-9-. The quantitative estimate of drug-likeness (QED) is 0.675. The van der Waals surface area contributed by atoms with Crippen molar-refractivity contribution in [3.63, 3.8) is 0 Å². The maximum Gasteiger partial charge on any atom is 0.271 e. The molecule has 1 atom stereocenters. The summed E-state index contributed by atoms with van der Waals surface area (Å²) < 4.78 is 5.33. The molecular weight excluding hydrogens is 286 g/mol. The van der Waals surface area contributed by atoms with Crippen LogP contribution >= 0.6 is 0 Å². The van der Waals surface area contributed by atoms with Gasteiger partial charge in [0.2, 0.25) is 0 Å². The van der Waals surface area contributed by atoms with Crippen LogP contribution in [0.5, 0.6) is 0 Å². The number of carbonyl (C=O) groups is 3. The van der Waals surface area contributed by atoms with Crippen LogP contribution in [0.1, 0.15) is 34.6 Å². The molecule has 0 bridgehead atoms. The highest BCUT2D eigenvalue weighted by Gasteiger charge is 2.48. The molecule has 22 heavy (non-hydrogen) atoms. The number of nitrogens with one attached hydrogen (secondary N) is 1. The Bertz CT molecular complexity index is 692. The number of hydrogen-bond donors (Lipinski definition) is 1. The fourth-order valence-electron chi connectivity index (χ4n) is 2.61. The predicted octanol–water partition coefficient (Wildman–Crippen LogP) is 1.46. The summed E-state index contributed by atoms with van der Waals surface area (Å²) in [6.45, 7) is 2.95. The monoisotopic (exact) mass is 303 g/mol. The molecule has 1 aromatic rings. The Morgan fingerprint density at radius 1 is 1.14 bits per heavy atom. The van der Waals surface area contributed by atoms with E-state index in [4.69, 9.17) is 4.74 Å². The summed E-state index contributed by atoms with van der Waals surface area (Å²) in [7, 11) is 2.62. The van der Waals surface area contributed by atoms with Crippen LogP contribution in [-0.4, -0.2) is 37.3 Å². The van der Waals surface area contributed by atoms with Gasteiger partial charge in [0, 0.05) is 29.4 Å². The van der Waals surface area contributed by atoms with Gasteiger partial charge in [0.15, 0.2) is 17.2 Å². The minimum absolute atomic E-state index is 0.0215. The van der Waals surface area contributed by atoms with E-state index in [1.54, 1.807) is 24.3 Å². The number of rotatable bonds is 3. The van der Waals surface area contributed by atoms with Crippen LogP contribution in [0.2, 0.25) is 0 Å². The number of ketones is 2. The first-order valence-electron chi connectivity index (χ1n) is 6.66. The largest absolute Gasteiger partial charge is 0.365 e. The fourth-order valence-corrected chi connectivity index (χ4v) is 2.61. The molecule has 1 amide bonds. The zero-order valence-electron chi connectivity index (χ0n) is 12.9. The Morgan fingerprint density at radius 2 is 1.73 bits per heavy atom. The van der Waals surface area contributed by atoms with Gasteiger partial charge >= 0.3 is 0 Å². The highest BCUT2D eigenvalue weighted by molar-refractivity contribution is 6.28. The van der Waals surface area contributed by atoms with E-state index in [1.165, 1.54) is 28.1 Å². The predicted molar refractivity (Wildman–Crippen MR) is 78.4 cm³/mol. The summed E-state index contributed by atoms with van der Waals surface area (Å²) in [5.74, 6) is -1.35. The number of benzene rings is 1. The average molecular weight is 303 g/mol. The average Bonchev–Trinajstić information content (AvgIpc) is 2.53. The van der Waals surface area contributed by atoms with Crippen LogP contribution in [0.3, 0.4) is 0 Å². The normalized spacial score (nSPS) is 23.1. The van der Waals surface area contributed by atoms with Gasteiger partial charge in [-0.15, -0.1) is 0 Å². The number of methoxy groups -OCH3 is 1. The first-order valence-corrected chi connectivity index (χ1v) is 6.66. The van der Waals surface area contributed by atoms with E-state index in [0.29, 0.717) is 5.56 Å². The molecule has 116 valence electrons. The molecule has 1 aliphatic rings. The van der Waals surface area contributed by atoms with Crippen molar-refractivity contribution in [1.29, 1.82) is 0 Å². The first-order chi connectivity index (χ1) is 10.4. The maximum absolute atomic E-state index is 12.8. The lowest BCUT2D eigenvalue weighted by molar-refractivity contribution is -0.127. The molecule has 1 N–H and O–H groups in total. The van der Waals surface area contributed by atoms with Gasteiger partial charge < -0.3 is 4.74 Å². The third-order valence-corrected chi connectivity index (χ3v) is 3.87. The number of amides is 1. The van der Waals surface area contributed by atoms with Crippen molar-refractivity contribution in [3.05, 3.63) is 46.5 Å². The molecule has 2 rings (SSSR count). The summed E-state index contributed by atoms with van der Waals surface area (Å²) in [6, 6.07) is 6.49. The van der Waals surface area contributed by atoms with E-state index >= 15 is 0 Å². The van der Waals surface area contributed by atoms with Gasteiger partial charge in [0.1, 0.15) is 0 Å². The molecule has 0 spiro atoms. The lowest BCUT2D eigenvalue weighted by Gasteiger charge is -2.34. The maximum atomic E-state index is 12.8. The highest BCUT2D eigenvalue weighted by atomic mass is 16.6. The van der Waals surface area contributed by atoms with Gasteiger partial charge in [-0.25, -0.2) is 5.48 Å². The second kappa shape index (κ2) is 5.82. The number of hydrogen-bond acceptors (Lipinski definition) is 5. The van der Waals surface area contributed by atoms with Crippen molar-refractivity contribution >= 4 is 17.5 Å². The van der Waals surface area contributed by atoms with E-state index in [-0.39, 0.29) is 22.5 Å². The van der Waals surface area contributed by atoms with Crippen LogP contribution < -0.4 is 5.48 Å². The third kappa shape index (κ3) is 2.26. The SMILES string of the molecule is CONC(=O)/C(C)=C1/C(=O)c2ccccc2C(=O)C1(C)OC. The van der Waals surface area contributed by atoms with Gasteiger partial charge in [0.25, 0.3) is 5.91 Å². The molecule has 0 heterocycles. The summed E-state index contributed by atoms with van der Waals surface area (Å²) in [6.07, 6.45) is 0. The fraction of sp³-hybridized carbons (Fsp3) is 0.312. The minimum atomic E-state index is -1.51. The molecule has 6 nitrogen and oxygen atoms in total. The Balaban J connectivity index is 2.73. The Labute approximate surface area is 128 Å². The van der Waals surface area contributed by atoms with Gasteiger partial charge in [-0.2, -0.15) is 0 Å². The summed E-state index contributed by atoms with van der Waals surface area (Å²) in [4.78, 5) is 42.1. The van der Waals surface area contributed by atoms with E-state index in [1.807, 2.05) is 0 Å². The zero-order chi connectivity index (χ0) is 16.5. The number of ether oxygens (including phenoxy) is 1. The molecule has 0 saturated heterocycles. The molecule has 0 radical (unpaired) electrons. The van der Waals surface area contributed by atoms with Gasteiger partial charge in [0.05, 0.1) is 7.11 Å². The lowest BCUT2D eigenvalue weighted by atomic mass is 9.73. The Hall–Kier alpha value is -2.31. The molecule has 6 heteroatoms. The van der Waals surface area contributed by atoms with Crippen molar-refractivity contribution in [3.8, 4) is 0 Å². The van der Waals surface area contributed by atoms with Crippen LogP contribution in [0.4, 0.5) is 0 Å². The molecule has 1 unspecified atom stereocenters. The Morgan fingerprint density at radius 3 is 2.27 bits per heavy atom. The number of fused-ring (bicyclic) bond motifs is 1. The zero-order valence-corrected chi connectivity index (χ0v) is 12.9. The van der Waals surface area contributed by atoms with Crippen LogP contribution in [0, 0.1) is 0 Å². The van der Waals surface area contributed by atoms with E-state index in [9.17, 15) is 14.4 Å². The molecule has 0 aliphatic heterocycles. The van der Waals surface area contributed by atoms with Crippen molar-refractivity contribution in [2.45, 2.75) is 19.4 Å². The van der Waals surface area contributed by atoms with Gasteiger partial charge in [-0.1, -0.05) is 24.3 Å². The van der Waals surface area contributed by atoms with Gasteiger partial charge in [-0.3, -0.25) is 19.2 Å². The molecule has 0 fully saturated rings. The van der Waals surface area contributed by atoms with Gasteiger partial charge in [-0.05, 0) is 13.8 Å². The van der Waals surface area contributed by atoms with E-state index in [2.05, 4.69) is 10.3 Å². The number of hydroxylamine groups is 1. The summed E-state index contributed by atoms with van der Waals surface area (Å²) >= 11 is 0. The molecule has 0 saturated carbocycles. The van der Waals surface area contributed by atoms with Crippen molar-refractivity contribution in [2.75, 3.05) is 14.2 Å². The van der Waals surface area contributed by atoms with Crippen molar-refractivity contribution in [1.82, 2.24) is 5.48 Å². The second-order valence-electron chi connectivity index (χ2n) is 5.08. The Kier molecular flexibility index (Phi) is 4.25. The van der Waals surface area contributed by atoms with Crippen molar-refractivity contribution in [2.24, 2.45) is 0 Å². The number of carbonyl (C=O) groups excluding carboxylic acids is 3. The van der Waals surface area contributed by atoms with Crippen LogP contribution in [0.15, 0.2) is 35.4 Å². The second-order valence-corrected chi connectivity index (χ2v) is 5.08. The van der Waals surface area contributed by atoms with E-state index < -0.39 is 17.3 Å². The topological polar surface area (TPSA) is 81.7 Å². The highest BCUT2D eigenvalue weighted by Crippen LogP contribution is 2.36. The number of Topliss-reactive ketones (excluding diaryl/α,β-unsaturated/α-hetero) is 2. The lowest BCUT2D eigenvalue weighted by Crippen LogP contribution is -2.48. The van der Waals surface area contributed by atoms with Crippen LogP contribution in [0.25, 0.3) is 0 Å². The van der Waals surface area contributed by atoms with Crippen molar-refractivity contribution < 1.29 is 24.0 Å². The smallest absolute Gasteiger partial charge is 0.271 e. The molecular formula is C16H17NO5. The van der Waals surface area contributed by atoms with E-state index in [0.717, 1.165) is 0 Å². The first kappa shape index (κ1) is 16.1. The minimum Gasteiger partial charge on any atom is -0.365 e. The summed E-state index contributed by atoms with van der Waals surface area (Å²) in [5, 5.41) is 0. The van der Waals surface area contributed by atoms with Crippen LogP contribution in [-0.2, 0) is 14.4 Å². The molecule has 1 aliphatic carbocycles.